The van der Waals surface area contributed by atoms with Gasteiger partial charge in [-0.15, -0.1) is 0 Å². The molecule has 0 fully saturated rings. The summed E-state index contributed by atoms with van der Waals surface area (Å²) in [5.74, 6) is 1.77. The van der Waals surface area contributed by atoms with Crippen LogP contribution in [0.5, 0.6) is 5.75 Å². The molecule has 3 rings (SSSR count). The summed E-state index contributed by atoms with van der Waals surface area (Å²) in [6, 6.07) is 16.5. The standard InChI is InChI=1S/C21H27N3O2/c1-3-25-15-18-10-5-4-9-17(18)13-23-21(22-2)24-14-19-12-16-8-6-7-11-20(16)26-19/h4-11,19H,3,12-15H2,1-2H3,(H2,22,23,24). The van der Waals surface area contributed by atoms with E-state index in [-0.39, 0.29) is 6.10 Å². The van der Waals surface area contributed by atoms with E-state index >= 15 is 0 Å². The number of guanidine groups is 1. The molecule has 0 spiro atoms. The van der Waals surface area contributed by atoms with Crippen LogP contribution in [-0.4, -0.2) is 32.3 Å². The predicted molar refractivity (Wildman–Crippen MR) is 105 cm³/mol. The summed E-state index contributed by atoms with van der Waals surface area (Å²) in [7, 11) is 1.78. The van der Waals surface area contributed by atoms with Crippen molar-refractivity contribution in [2.45, 2.75) is 32.6 Å². The summed E-state index contributed by atoms with van der Waals surface area (Å²) in [4.78, 5) is 4.31. The molecule has 0 bridgehead atoms. The highest BCUT2D eigenvalue weighted by atomic mass is 16.5. The Morgan fingerprint density at radius 2 is 1.88 bits per heavy atom. The quantitative estimate of drug-likeness (QED) is 0.594. The summed E-state index contributed by atoms with van der Waals surface area (Å²) in [6.07, 6.45) is 1.06. The Kier molecular flexibility index (Phi) is 6.50. The van der Waals surface area contributed by atoms with Gasteiger partial charge in [0.25, 0.3) is 0 Å². The summed E-state index contributed by atoms with van der Waals surface area (Å²) in [5, 5.41) is 6.74. The van der Waals surface area contributed by atoms with Gasteiger partial charge in [-0.1, -0.05) is 42.5 Å². The van der Waals surface area contributed by atoms with Crippen LogP contribution < -0.4 is 15.4 Å². The molecule has 138 valence electrons. The van der Waals surface area contributed by atoms with Crippen LogP contribution in [0.25, 0.3) is 0 Å². The van der Waals surface area contributed by atoms with Gasteiger partial charge in [-0.3, -0.25) is 4.99 Å². The van der Waals surface area contributed by atoms with E-state index in [0.717, 1.165) is 31.3 Å². The van der Waals surface area contributed by atoms with E-state index in [4.69, 9.17) is 9.47 Å². The lowest BCUT2D eigenvalue weighted by molar-refractivity contribution is 0.133. The zero-order chi connectivity index (χ0) is 18.2. The van der Waals surface area contributed by atoms with Crippen LogP contribution in [-0.2, 0) is 24.3 Å². The third kappa shape index (κ3) is 4.76. The molecule has 0 aromatic heterocycles. The Morgan fingerprint density at radius 3 is 2.65 bits per heavy atom. The summed E-state index contributed by atoms with van der Waals surface area (Å²) in [5.41, 5.74) is 3.69. The van der Waals surface area contributed by atoms with E-state index in [1.807, 2.05) is 31.2 Å². The molecule has 0 aliphatic carbocycles. The van der Waals surface area contributed by atoms with E-state index < -0.39 is 0 Å². The normalized spacial score (nSPS) is 16.1. The molecule has 2 aromatic carbocycles. The monoisotopic (exact) mass is 353 g/mol. The third-order valence-electron chi connectivity index (χ3n) is 4.46. The number of hydrogen-bond donors (Lipinski definition) is 2. The van der Waals surface area contributed by atoms with Crippen LogP contribution in [0.15, 0.2) is 53.5 Å². The Balaban J connectivity index is 1.49. The second-order valence-corrected chi connectivity index (χ2v) is 6.26. The first-order valence-corrected chi connectivity index (χ1v) is 9.13. The minimum atomic E-state index is 0.135. The zero-order valence-corrected chi connectivity index (χ0v) is 15.5. The Labute approximate surface area is 155 Å². The smallest absolute Gasteiger partial charge is 0.191 e. The topological polar surface area (TPSA) is 54.9 Å². The van der Waals surface area contributed by atoms with Gasteiger partial charge in [-0.05, 0) is 29.7 Å². The lowest BCUT2D eigenvalue weighted by Gasteiger charge is -2.16. The number of nitrogens with one attached hydrogen (secondary N) is 2. The fraction of sp³-hybridized carbons (Fsp3) is 0.381. The van der Waals surface area contributed by atoms with E-state index in [1.165, 1.54) is 16.7 Å². The fourth-order valence-corrected chi connectivity index (χ4v) is 3.06. The lowest BCUT2D eigenvalue weighted by atomic mass is 10.1. The molecule has 26 heavy (non-hydrogen) atoms. The Bertz CT molecular complexity index is 721. The van der Waals surface area contributed by atoms with E-state index in [0.29, 0.717) is 13.2 Å². The highest BCUT2D eigenvalue weighted by molar-refractivity contribution is 5.79. The SMILES string of the molecule is CCOCc1ccccc1CNC(=NC)NCC1Cc2ccccc2O1. The average Bonchev–Trinajstić information content (AvgIpc) is 3.10. The summed E-state index contributed by atoms with van der Waals surface area (Å²) in [6.45, 7) is 4.78. The molecule has 2 N–H and O–H groups in total. The van der Waals surface area contributed by atoms with Crippen LogP contribution in [0.2, 0.25) is 0 Å². The molecule has 0 radical (unpaired) electrons. The second-order valence-electron chi connectivity index (χ2n) is 6.26. The number of ether oxygens (including phenoxy) is 2. The first-order chi connectivity index (χ1) is 12.8. The van der Waals surface area contributed by atoms with Gasteiger partial charge in [0.15, 0.2) is 5.96 Å². The maximum absolute atomic E-state index is 5.97. The number of para-hydroxylation sites is 1. The number of benzene rings is 2. The molecular weight excluding hydrogens is 326 g/mol. The van der Waals surface area contributed by atoms with Gasteiger partial charge in [-0.25, -0.2) is 0 Å². The minimum absolute atomic E-state index is 0.135. The van der Waals surface area contributed by atoms with Crippen LogP contribution in [0.1, 0.15) is 23.6 Å². The average molecular weight is 353 g/mol. The number of hydrogen-bond acceptors (Lipinski definition) is 3. The van der Waals surface area contributed by atoms with Gasteiger partial charge in [0, 0.05) is 26.6 Å². The lowest BCUT2D eigenvalue weighted by Crippen LogP contribution is -2.42. The van der Waals surface area contributed by atoms with Crippen molar-refractivity contribution < 1.29 is 9.47 Å². The van der Waals surface area contributed by atoms with Crippen molar-refractivity contribution in [3.63, 3.8) is 0 Å². The highest BCUT2D eigenvalue weighted by Crippen LogP contribution is 2.27. The van der Waals surface area contributed by atoms with Crippen molar-refractivity contribution in [2.75, 3.05) is 20.2 Å². The fourth-order valence-electron chi connectivity index (χ4n) is 3.06. The van der Waals surface area contributed by atoms with Crippen molar-refractivity contribution in [1.29, 1.82) is 0 Å². The van der Waals surface area contributed by atoms with Gasteiger partial charge in [0.2, 0.25) is 0 Å². The molecule has 0 amide bonds. The maximum atomic E-state index is 5.97. The number of aliphatic imine (C=N–C) groups is 1. The number of fused-ring (bicyclic) bond motifs is 1. The van der Waals surface area contributed by atoms with Gasteiger partial charge < -0.3 is 20.1 Å². The van der Waals surface area contributed by atoms with Gasteiger partial charge >= 0.3 is 0 Å². The van der Waals surface area contributed by atoms with Crippen molar-refractivity contribution in [1.82, 2.24) is 10.6 Å². The Morgan fingerprint density at radius 1 is 1.12 bits per heavy atom. The molecule has 1 aliphatic heterocycles. The van der Waals surface area contributed by atoms with Gasteiger partial charge in [0.1, 0.15) is 11.9 Å². The summed E-state index contributed by atoms with van der Waals surface area (Å²) >= 11 is 0. The van der Waals surface area contributed by atoms with E-state index in [1.54, 1.807) is 7.05 Å². The van der Waals surface area contributed by atoms with Gasteiger partial charge in [-0.2, -0.15) is 0 Å². The Hall–Kier alpha value is -2.53. The van der Waals surface area contributed by atoms with Crippen molar-refractivity contribution in [2.24, 2.45) is 4.99 Å². The van der Waals surface area contributed by atoms with Crippen molar-refractivity contribution >= 4 is 5.96 Å². The van der Waals surface area contributed by atoms with E-state index in [9.17, 15) is 0 Å². The highest BCUT2D eigenvalue weighted by Gasteiger charge is 2.22. The maximum Gasteiger partial charge on any atom is 0.191 e. The van der Waals surface area contributed by atoms with Crippen LogP contribution >= 0.6 is 0 Å². The summed E-state index contributed by atoms with van der Waals surface area (Å²) < 4.78 is 11.5. The molecular formula is C21H27N3O2. The molecule has 0 saturated carbocycles. The number of nitrogens with zero attached hydrogens (tertiary/aromatic N) is 1. The molecule has 5 heteroatoms. The van der Waals surface area contributed by atoms with Crippen LogP contribution in [0.3, 0.4) is 0 Å². The molecule has 1 aliphatic rings. The second kappa shape index (κ2) is 9.25. The van der Waals surface area contributed by atoms with Crippen LogP contribution in [0.4, 0.5) is 0 Å². The largest absolute Gasteiger partial charge is 0.488 e. The first-order valence-electron chi connectivity index (χ1n) is 9.13. The van der Waals surface area contributed by atoms with E-state index in [2.05, 4.69) is 39.9 Å². The molecule has 1 heterocycles. The molecule has 1 unspecified atom stereocenters. The zero-order valence-electron chi connectivity index (χ0n) is 15.5. The van der Waals surface area contributed by atoms with Crippen molar-refractivity contribution in [3.8, 4) is 5.75 Å². The molecule has 2 aromatic rings. The predicted octanol–water partition coefficient (Wildman–Crippen LogP) is 2.89. The first kappa shape index (κ1) is 18.3. The number of rotatable bonds is 7. The third-order valence-corrected chi connectivity index (χ3v) is 4.46. The van der Waals surface area contributed by atoms with Crippen LogP contribution in [0, 0.1) is 0 Å². The molecule has 5 nitrogen and oxygen atoms in total. The van der Waals surface area contributed by atoms with Gasteiger partial charge in [0.05, 0.1) is 13.2 Å². The molecule has 1 atom stereocenters. The van der Waals surface area contributed by atoms with Crippen molar-refractivity contribution in [3.05, 3.63) is 65.2 Å². The minimum Gasteiger partial charge on any atom is -0.488 e. The molecule has 0 saturated heterocycles.